The summed E-state index contributed by atoms with van der Waals surface area (Å²) in [6.07, 6.45) is 0.123. The fourth-order valence-electron chi connectivity index (χ4n) is 0.857. The van der Waals surface area contributed by atoms with Gasteiger partial charge in [-0.25, -0.2) is 4.39 Å². The molecule has 0 aliphatic heterocycles. The van der Waals surface area contributed by atoms with E-state index >= 15 is 0 Å². The van der Waals surface area contributed by atoms with Gasteiger partial charge in [0, 0.05) is 0 Å². The lowest BCUT2D eigenvalue weighted by atomic mass is 10.2. The molecule has 0 radical (unpaired) electrons. The fourth-order valence-corrected chi connectivity index (χ4v) is 1.20. The van der Waals surface area contributed by atoms with E-state index in [1.54, 1.807) is 0 Å². The number of hydrogen-bond acceptors (Lipinski definition) is 2. The average Bonchev–Trinajstić information content (AvgIpc) is 2.11. The van der Waals surface area contributed by atoms with Crippen molar-refractivity contribution in [1.82, 2.24) is 0 Å². The molecule has 0 amide bonds. The van der Waals surface area contributed by atoms with Gasteiger partial charge < -0.3 is 4.74 Å². The van der Waals surface area contributed by atoms with Crippen LogP contribution in [0.4, 0.5) is 13.2 Å². The van der Waals surface area contributed by atoms with Crippen LogP contribution >= 0.6 is 15.9 Å². The Labute approximate surface area is 85.8 Å². The molecule has 0 aliphatic rings. The molecule has 0 spiro atoms. The second-order valence-electron chi connectivity index (χ2n) is 2.27. The molecular formula is C8H4BrF3O2. The summed E-state index contributed by atoms with van der Waals surface area (Å²) in [4.78, 5) is 10.4. The van der Waals surface area contributed by atoms with Gasteiger partial charge in [-0.3, -0.25) is 4.79 Å². The highest BCUT2D eigenvalue weighted by molar-refractivity contribution is 9.10. The summed E-state index contributed by atoms with van der Waals surface area (Å²) < 4.78 is 40.7. The van der Waals surface area contributed by atoms with Gasteiger partial charge in [-0.1, -0.05) is 0 Å². The lowest BCUT2D eigenvalue weighted by Gasteiger charge is -2.07. The van der Waals surface area contributed by atoms with E-state index in [0.29, 0.717) is 0 Å². The van der Waals surface area contributed by atoms with Gasteiger partial charge in [0.15, 0.2) is 12.1 Å². The summed E-state index contributed by atoms with van der Waals surface area (Å²) in [5.41, 5.74) is -0.528. The highest BCUT2D eigenvalue weighted by atomic mass is 79.9. The second-order valence-corrected chi connectivity index (χ2v) is 3.12. The molecule has 1 rings (SSSR count). The van der Waals surface area contributed by atoms with Gasteiger partial charge in [-0.15, -0.1) is 0 Å². The highest BCUT2D eigenvalue weighted by Crippen LogP contribution is 2.27. The minimum atomic E-state index is -3.09. The summed E-state index contributed by atoms with van der Waals surface area (Å²) in [6.45, 7) is -3.09. The van der Waals surface area contributed by atoms with Crippen molar-refractivity contribution in [1.29, 1.82) is 0 Å². The molecule has 0 aliphatic carbocycles. The zero-order chi connectivity index (χ0) is 10.7. The third-order valence-electron chi connectivity index (χ3n) is 1.43. The van der Waals surface area contributed by atoms with Crippen LogP contribution in [0.25, 0.3) is 0 Å². The predicted molar refractivity (Wildman–Crippen MR) is 46.1 cm³/mol. The SMILES string of the molecule is O=Cc1c(OC(F)F)ccc(Br)c1F. The number of hydrogen-bond donors (Lipinski definition) is 0. The van der Waals surface area contributed by atoms with Crippen LogP contribution in [0.3, 0.4) is 0 Å². The lowest BCUT2D eigenvalue weighted by molar-refractivity contribution is -0.0502. The van der Waals surface area contributed by atoms with Crippen molar-refractivity contribution in [3.05, 3.63) is 28.0 Å². The summed E-state index contributed by atoms with van der Waals surface area (Å²) in [6, 6.07) is 2.27. The minimum absolute atomic E-state index is 0.0150. The fraction of sp³-hybridized carbons (Fsp3) is 0.125. The predicted octanol–water partition coefficient (Wildman–Crippen LogP) is 3.00. The van der Waals surface area contributed by atoms with Gasteiger partial charge in [-0.2, -0.15) is 8.78 Å². The number of aldehydes is 1. The Bertz CT molecular complexity index is 355. The molecule has 2 nitrogen and oxygen atoms in total. The van der Waals surface area contributed by atoms with Gasteiger partial charge >= 0.3 is 6.61 Å². The summed E-state index contributed by atoms with van der Waals surface area (Å²) in [7, 11) is 0. The van der Waals surface area contributed by atoms with Crippen LogP contribution in [0.1, 0.15) is 10.4 Å². The molecule has 1 aromatic rings. The topological polar surface area (TPSA) is 26.3 Å². The number of carbonyl (C=O) groups excluding carboxylic acids is 1. The normalized spacial score (nSPS) is 10.4. The van der Waals surface area contributed by atoms with Gasteiger partial charge in [0.1, 0.15) is 5.75 Å². The molecular weight excluding hydrogens is 265 g/mol. The molecule has 0 bridgehead atoms. The zero-order valence-electron chi connectivity index (χ0n) is 6.64. The number of carbonyl (C=O) groups is 1. The van der Waals surface area contributed by atoms with Crippen molar-refractivity contribution in [3.8, 4) is 5.75 Å². The Morgan fingerprint density at radius 3 is 2.57 bits per heavy atom. The third kappa shape index (κ3) is 2.25. The van der Waals surface area contributed by atoms with E-state index in [2.05, 4.69) is 20.7 Å². The van der Waals surface area contributed by atoms with E-state index in [9.17, 15) is 18.0 Å². The van der Waals surface area contributed by atoms with Crippen LogP contribution in [0.5, 0.6) is 5.75 Å². The van der Waals surface area contributed by atoms with Crippen LogP contribution < -0.4 is 4.74 Å². The van der Waals surface area contributed by atoms with Crippen molar-refractivity contribution in [3.63, 3.8) is 0 Å². The maximum atomic E-state index is 13.1. The number of rotatable bonds is 3. The largest absolute Gasteiger partial charge is 0.434 e. The molecule has 0 fully saturated rings. The first-order chi connectivity index (χ1) is 6.56. The summed E-state index contributed by atoms with van der Waals surface area (Å²) in [5, 5.41) is 0. The van der Waals surface area contributed by atoms with E-state index < -0.39 is 23.7 Å². The molecule has 0 N–H and O–H groups in total. The van der Waals surface area contributed by atoms with Gasteiger partial charge in [0.25, 0.3) is 0 Å². The smallest absolute Gasteiger partial charge is 0.387 e. The zero-order valence-corrected chi connectivity index (χ0v) is 8.22. The molecule has 1 aromatic carbocycles. The van der Waals surface area contributed by atoms with Crippen LogP contribution in [0.15, 0.2) is 16.6 Å². The lowest BCUT2D eigenvalue weighted by Crippen LogP contribution is -2.05. The summed E-state index contributed by atoms with van der Waals surface area (Å²) >= 11 is 2.81. The maximum absolute atomic E-state index is 13.1. The van der Waals surface area contributed by atoms with Gasteiger partial charge in [0.05, 0.1) is 10.0 Å². The van der Waals surface area contributed by atoms with Crippen molar-refractivity contribution in [2.75, 3.05) is 0 Å². The van der Waals surface area contributed by atoms with Gasteiger partial charge in [0.2, 0.25) is 0 Å². The molecule has 76 valence electrons. The first kappa shape index (κ1) is 11.0. The van der Waals surface area contributed by atoms with Crippen LogP contribution in [0, 0.1) is 5.82 Å². The second kappa shape index (κ2) is 4.45. The Hall–Kier alpha value is -1.04. The molecule has 0 aromatic heterocycles. The number of halogens is 4. The molecule has 0 saturated carbocycles. The third-order valence-corrected chi connectivity index (χ3v) is 2.04. The van der Waals surface area contributed by atoms with Crippen molar-refractivity contribution >= 4 is 22.2 Å². The van der Waals surface area contributed by atoms with E-state index in [0.717, 1.165) is 6.07 Å². The molecule has 14 heavy (non-hydrogen) atoms. The Kier molecular flexibility index (Phi) is 3.51. The van der Waals surface area contributed by atoms with E-state index in [1.807, 2.05) is 0 Å². The maximum Gasteiger partial charge on any atom is 0.387 e. The summed E-state index contributed by atoms with van der Waals surface area (Å²) in [5.74, 6) is -1.39. The molecule has 0 heterocycles. The Balaban J connectivity index is 3.17. The van der Waals surface area contributed by atoms with E-state index in [1.165, 1.54) is 6.07 Å². The molecule has 0 unspecified atom stereocenters. The number of benzene rings is 1. The van der Waals surface area contributed by atoms with Crippen molar-refractivity contribution in [2.45, 2.75) is 6.61 Å². The minimum Gasteiger partial charge on any atom is -0.434 e. The van der Waals surface area contributed by atoms with Crippen molar-refractivity contribution in [2.24, 2.45) is 0 Å². The van der Waals surface area contributed by atoms with Crippen LogP contribution in [0.2, 0.25) is 0 Å². The monoisotopic (exact) mass is 268 g/mol. The highest BCUT2D eigenvalue weighted by Gasteiger charge is 2.15. The molecule has 0 saturated heterocycles. The van der Waals surface area contributed by atoms with Crippen LogP contribution in [-0.2, 0) is 0 Å². The first-order valence-electron chi connectivity index (χ1n) is 3.44. The first-order valence-corrected chi connectivity index (χ1v) is 4.23. The number of ether oxygens (including phenoxy) is 1. The van der Waals surface area contributed by atoms with Crippen LogP contribution in [-0.4, -0.2) is 12.9 Å². The van der Waals surface area contributed by atoms with Crippen molar-refractivity contribution < 1.29 is 22.7 Å². The quantitative estimate of drug-likeness (QED) is 0.788. The van der Waals surface area contributed by atoms with E-state index in [-0.39, 0.29) is 10.8 Å². The average molecular weight is 269 g/mol. The molecule has 6 heteroatoms. The standard InChI is InChI=1S/C8H4BrF3O2/c9-5-1-2-6(14-8(11)12)4(3-13)7(5)10/h1-3,8H. The number of alkyl halides is 2. The van der Waals surface area contributed by atoms with E-state index in [4.69, 9.17) is 0 Å². The molecule has 0 atom stereocenters. The Morgan fingerprint density at radius 2 is 2.07 bits per heavy atom. The Morgan fingerprint density at radius 1 is 1.43 bits per heavy atom. The van der Waals surface area contributed by atoms with Gasteiger partial charge in [-0.05, 0) is 28.1 Å².